The Balaban J connectivity index is 2.27. The van der Waals surface area contributed by atoms with Crippen LogP contribution in [0.25, 0.3) is 21.5 Å². The second kappa shape index (κ2) is 4.76. The van der Waals surface area contributed by atoms with Gasteiger partial charge in [0, 0.05) is 15.9 Å². The van der Waals surface area contributed by atoms with Crippen LogP contribution in [0.3, 0.4) is 0 Å². The number of aromatic nitrogens is 1. The molecule has 0 unspecified atom stereocenters. The van der Waals surface area contributed by atoms with Gasteiger partial charge in [0.05, 0.1) is 10.6 Å². The van der Waals surface area contributed by atoms with Crippen LogP contribution >= 0.6 is 22.9 Å². The molecule has 0 saturated heterocycles. The van der Waals surface area contributed by atoms with Crippen molar-refractivity contribution in [3.05, 3.63) is 46.3 Å². The topological polar surface area (TPSA) is 41.8 Å². The Labute approximate surface area is 114 Å². The summed E-state index contributed by atoms with van der Waals surface area (Å²) in [5, 5.41) is 4.02. The number of hydrogen-bond donors (Lipinski definition) is 2. The first-order chi connectivity index (χ1) is 8.79. The van der Waals surface area contributed by atoms with Crippen LogP contribution in [-0.4, -0.2) is 11.5 Å². The number of H-pyrrole nitrogens is 1. The molecule has 0 aliphatic rings. The third kappa shape index (κ3) is 1.94. The Bertz CT molecular complexity index is 670. The summed E-state index contributed by atoms with van der Waals surface area (Å²) in [7, 11) is 0. The molecule has 0 bridgehead atoms. The predicted octanol–water partition coefficient (Wildman–Crippen LogP) is 4.05. The van der Waals surface area contributed by atoms with Crippen molar-refractivity contribution in [3.63, 3.8) is 0 Å². The number of fused-ring (bicyclic) bond motifs is 1. The molecule has 1 aromatic carbocycles. The molecule has 0 amide bonds. The van der Waals surface area contributed by atoms with E-state index in [2.05, 4.69) is 22.5 Å². The Kier molecular flexibility index (Phi) is 3.12. The molecular weight excluding hydrogens is 264 g/mol. The lowest BCUT2D eigenvalue weighted by molar-refractivity contribution is 0.979. The first-order valence-corrected chi connectivity index (χ1v) is 7.09. The van der Waals surface area contributed by atoms with Crippen LogP contribution in [0.5, 0.6) is 0 Å². The average molecular weight is 277 g/mol. The fraction of sp³-hybridized carbons (Fsp3) is 0.143. The zero-order valence-electron chi connectivity index (χ0n) is 9.74. The van der Waals surface area contributed by atoms with E-state index in [9.17, 15) is 0 Å². The van der Waals surface area contributed by atoms with Crippen LogP contribution < -0.4 is 5.73 Å². The van der Waals surface area contributed by atoms with Gasteiger partial charge in [0.25, 0.3) is 0 Å². The summed E-state index contributed by atoms with van der Waals surface area (Å²) < 4.78 is 0. The molecule has 0 aliphatic carbocycles. The molecule has 4 heteroatoms. The van der Waals surface area contributed by atoms with Gasteiger partial charge in [-0.3, -0.25) is 0 Å². The Hall–Kier alpha value is -1.29. The molecule has 18 heavy (non-hydrogen) atoms. The van der Waals surface area contributed by atoms with Crippen LogP contribution in [0.2, 0.25) is 5.02 Å². The monoisotopic (exact) mass is 276 g/mol. The number of thiophene rings is 1. The molecule has 0 saturated carbocycles. The van der Waals surface area contributed by atoms with Gasteiger partial charge in [-0.05, 0) is 48.2 Å². The van der Waals surface area contributed by atoms with Crippen LogP contribution in [0, 0.1) is 0 Å². The zero-order valence-corrected chi connectivity index (χ0v) is 11.3. The van der Waals surface area contributed by atoms with E-state index in [0.717, 1.165) is 17.0 Å². The van der Waals surface area contributed by atoms with Crippen molar-refractivity contribution in [1.82, 2.24) is 4.98 Å². The molecule has 0 aliphatic heterocycles. The molecule has 0 spiro atoms. The van der Waals surface area contributed by atoms with Gasteiger partial charge in [-0.15, -0.1) is 11.3 Å². The normalized spacial score (nSPS) is 11.2. The van der Waals surface area contributed by atoms with E-state index in [1.54, 1.807) is 11.3 Å². The Morgan fingerprint density at radius 3 is 2.89 bits per heavy atom. The third-order valence-electron chi connectivity index (χ3n) is 3.03. The first kappa shape index (κ1) is 11.8. The van der Waals surface area contributed by atoms with Crippen molar-refractivity contribution >= 4 is 33.8 Å². The lowest BCUT2D eigenvalue weighted by Gasteiger charge is -2.01. The number of aromatic amines is 1. The molecule has 0 atom stereocenters. The molecule has 3 rings (SSSR count). The summed E-state index contributed by atoms with van der Waals surface area (Å²) in [5.41, 5.74) is 9.28. The number of benzene rings is 1. The maximum absolute atomic E-state index is 6.08. The second-order valence-electron chi connectivity index (χ2n) is 4.18. The van der Waals surface area contributed by atoms with Crippen LogP contribution in [0.1, 0.15) is 5.56 Å². The van der Waals surface area contributed by atoms with Gasteiger partial charge in [-0.1, -0.05) is 17.7 Å². The standard InChI is InChI=1S/C14H13ClN2S/c15-9-3-4-12-11(8-9)10(5-6-16)14(17-12)13-2-1-7-18-13/h1-4,7-8,17H,5-6,16H2. The summed E-state index contributed by atoms with van der Waals surface area (Å²) in [6.45, 7) is 0.637. The molecule has 2 aromatic heterocycles. The van der Waals surface area contributed by atoms with Gasteiger partial charge in [0.2, 0.25) is 0 Å². The van der Waals surface area contributed by atoms with E-state index in [-0.39, 0.29) is 0 Å². The van der Waals surface area contributed by atoms with E-state index in [0.29, 0.717) is 6.54 Å². The summed E-state index contributed by atoms with van der Waals surface area (Å²) >= 11 is 7.81. The van der Waals surface area contributed by atoms with Gasteiger partial charge < -0.3 is 10.7 Å². The lowest BCUT2D eigenvalue weighted by atomic mass is 10.1. The minimum absolute atomic E-state index is 0.637. The molecule has 0 radical (unpaired) electrons. The van der Waals surface area contributed by atoms with E-state index < -0.39 is 0 Å². The van der Waals surface area contributed by atoms with Gasteiger partial charge in [0.1, 0.15) is 0 Å². The summed E-state index contributed by atoms with van der Waals surface area (Å²) in [5.74, 6) is 0. The van der Waals surface area contributed by atoms with Crippen molar-refractivity contribution in [2.45, 2.75) is 6.42 Å². The number of rotatable bonds is 3. The Morgan fingerprint density at radius 1 is 1.28 bits per heavy atom. The number of nitrogens with one attached hydrogen (secondary N) is 1. The highest BCUT2D eigenvalue weighted by atomic mass is 35.5. The fourth-order valence-corrected chi connectivity index (χ4v) is 3.18. The van der Waals surface area contributed by atoms with Crippen LogP contribution in [0.4, 0.5) is 0 Å². The maximum atomic E-state index is 6.08. The molecule has 0 fully saturated rings. The van der Waals surface area contributed by atoms with Crippen molar-refractivity contribution in [2.24, 2.45) is 5.73 Å². The number of halogens is 1. The van der Waals surface area contributed by atoms with Crippen LogP contribution in [-0.2, 0) is 6.42 Å². The minimum atomic E-state index is 0.637. The van der Waals surface area contributed by atoms with Crippen molar-refractivity contribution in [3.8, 4) is 10.6 Å². The van der Waals surface area contributed by atoms with Gasteiger partial charge in [0.15, 0.2) is 0 Å². The first-order valence-electron chi connectivity index (χ1n) is 5.83. The maximum Gasteiger partial charge on any atom is 0.0599 e. The van der Waals surface area contributed by atoms with E-state index in [1.165, 1.54) is 21.5 Å². The third-order valence-corrected chi connectivity index (χ3v) is 4.15. The summed E-state index contributed by atoms with van der Waals surface area (Å²) in [6, 6.07) is 10.1. The lowest BCUT2D eigenvalue weighted by Crippen LogP contribution is -2.03. The van der Waals surface area contributed by atoms with Crippen molar-refractivity contribution < 1.29 is 0 Å². The predicted molar refractivity (Wildman–Crippen MR) is 79.4 cm³/mol. The highest BCUT2D eigenvalue weighted by Crippen LogP contribution is 2.34. The van der Waals surface area contributed by atoms with E-state index in [4.69, 9.17) is 17.3 Å². The molecule has 2 nitrogen and oxygen atoms in total. The van der Waals surface area contributed by atoms with Gasteiger partial charge >= 0.3 is 0 Å². The highest BCUT2D eigenvalue weighted by molar-refractivity contribution is 7.13. The summed E-state index contributed by atoms with van der Waals surface area (Å²) in [4.78, 5) is 4.72. The zero-order chi connectivity index (χ0) is 12.5. The van der Waals surface area contributed by atoms with Gasteiger partial charge in [-0.2, -0.15) is 0 Å². The van der Waals surface area contributed by atoms with E-state index in [1.807, 2.05) is 18.2 Å². The van der Waals surface area contributed by atoms with Crippen molar-refractivity contribution in [2.75, 3.05) is 6.54 Å². The molecule has 3 aromatic rings. The van der Waals surface area contributed by atoms with Crippen molar-refractivity contribution in [1.29, 1.82) is 0 Å². The number of nitrogens with two attached hydrogens (primary N) is 1. The highest BCUT2D eigenvalue weighted by Gasteiger charge is 2.13. The quantitative estimate of drug-likeness (QED) is 0.744. The number of hydrogen-bond acceptors (Lipinski definition) is 2. The Morgan fingerprint density at radius 2 is 2.17 bits per heavy atom. The SMILES string of the molecule is NCCc1c(-c2cccs2)[nH]c2ccc(Cl)cc12. The largest absolute Gasteiger partial charge is 0.354 e. The average Bonchev–Trinajstić information content (AvgIpc) is 2.98. The molecule has 3 N–H and O–H groups in total. The fourth-order valence-electron chi connectivity index (χ4n) is 2.26. The molecule has 92 valence electrons. The smallest absolute Gasteiger partial charge is 0.0599 e. The van der Waals surface area contributed by atoms with E-state index >= 15 is 0 Å². The molecular formula is C14H13ClN2S. The summed E-state index contributed by atoms with van der Waals surface area (Å²) in [6.07, 6.45) is 0.855. The molecule has 2 heterocycles. The van der Waals surface area contributed by atoms with Crippen LogP contribution in [0.15, 0.2) is 35.7 Å². The second-order valence-corrected chi connectivity index (χ2v) is 5.57. The van der Waals surface area contributed by atoms with Gasteiger partial charge in [-0.25, -0.2) is 0 Å². The minimum Gasteiger partial charge on any atom is -0.354 e.